The van der Waals surface area contributed by atoms with Crippen LogP contribution in [0.3, 0.4) is 0 Å². The summed E-state index contributed by atoms with van der Waals surface area (Å²) in [4.78, 5) is 12.4. The molecular weight excluding hydrogens is 218 g/mol. The Kier molecular flexibility index (Phi) is 5.52. The Balaban J connectivity index is 2.36. The van der Waals surface area contributed by atoms with Gasteiger partial charge in [-0.3, -0.25) is 4.79 Å². The third-order valence-corrected chi connectivity index (χ3v) is 2.57. The molecule has 0 saturated heterocycles. The van der Waals surface area contributed by atoms with E-state index in [-0.39, 0.29) is 5.91 Å². The van der Waals surface area contributed by atoms with Crippen molar-refractivity contribution in [2.45, 2.75) is 24.2 Å². The van der Waals surface area contributed by atoms with E-state index in [0.717, 1.165) is 19.3 Å². The van der Waals surface area contributed by atoms with Gasteiger partial charge in [0.2, 0.25) is 0 Å². The summed E-state index contributed by atoms with van der Waals surface area (Å²) in [6, 6.07) is 7.24. The zero-order chi connectivity index (χ0) is 11.8. The standard InChI is InChI=1S/C13H15NOS/c1-2-3-4-7-10-14-13(15)11-8-5-6-9-12(11)16/h1,5-6,8-9,16H,3-4,7,10H2,(H,14,15). The Labute approximate surface area is 102 Å². The van der Waals surface area contributed by atoms with Crippen LogP contribution in [0, 0.1) is 12.3 Å². The van der Waals surface area contributed by atoms with E-state index in [1.54, 1.807) is 12.1 Å². The van der Waals surface area contributed by atoms with Gasteiger partial charge in [0.1, 0.15) is 0 Å². The first-order chi connectivity index (χ1) is 7.75. The molecule has 1 aromatic rings. The van der Waals surface area contributed by atoms with Gasteiger partial charge in [-0.05, 0) is 25.0 Å². The van der Waals surface area contributed by atoms with Crippen LogP contribution in [0.15, 0.2) is 29.2 Å². The SMILES string of the molecule is C#CCCCCNC(=O)c1ccccc1S. The molecule has 0 heterocycles. The molecule has 16 heavy (non-hydrogen) atoms. The molecule has 2 nitrogen and oxygen atoms in total. The van der Waals surface area contributed by atoms with Crippen molar-refractivity contribution in [3.8, 4) is 12.3 Å². The molecule has 0 aliphatic heterocycles. The highest BCUT2D eigenvalue weighted by Crippen LogP contribution is 2.12. The third-order valence-electron chi connectivity index (χ3n) is 2.18. The van der Waals surface area contributed by atoms with E-state index in [2.05, 4.69) is 23.9 Å². The van der Waals surface area contributed by atoms with Crippen LogP contribution in [0.25, 0.3) is 0 Å². The number of amides is 1. The average Bonchev–Trinajstić information content (AvgIpc) is 2.29. The van der Waals surface area contributed by atoms with Gasteiger partial charge in [-0.15, -0.1) is 25.0 Å². The second-order valence-electron chi connectivity index (χ2n) is 3.43. The van der Waals surface area contributed by atoms with Crippen molar-refractivity contribution in [1.82, 2.24) is 5.32 Å². The maximum Gasteiger partial charge on any atom is 0.252 e. The van der Waals surface area contributed by atoms with Crippen molar-refractivity contribution in [3.63, 3.8) is 0 Å². The monoisotopic (exact) mass is 233 g/mol. The number of carbonyl (C=O) groups is 1. The van der Waals surface area contributed by atoms with Crippen LogP contribution in [-0.2, 0) is 0 Å². The molecule has 1 N–H and O–H groups in total. The van der Waals surface area contributed by atoms with E-state index >= 15 is 0 Å². The molecule has 0 aliphatic rings. The largest absolute Gasteiger partial charge is 0.352 e. The van der Waals surface area contributed by atoms with E-state index in [0.29, 0.717) is 17.0 Å². The molecule has 0 saturated carbocycles. The van der Waals surface area contributed by atoms with Gasteiger partial charge in [-0.2, -0.15) is 0 Å². The van der Waals surface area contributed by atoms with Crippen LogP contribution in [0.4, 0.5) is 0 Å². The van der Waals surface area contributed by atoms with Gasteiger partial charge < -0.3 is 5.32 Å². The summed E-state index contributed by atoms with van der Waals surface area (Å²) in [6.45, 7) is 0.655. The number of benzene rings is 1. The van der Waals surface area contributed by atoms with Crippen molar-refractivity contribution in [2.75, 3.05) is 6.54 Å². The number of nitrogens with one attached hydrogen (secondary N) is 1. The fourth-order valence-corrected chi connectivity index (χ4v) is 1.58. The summed E-state index contributed by atoms with van der Waals surface area (Å²) in [6.07, 6.45) is 7.75. The molecule has 0 atom stereocenters. The lowest BCUT2D eigenvalue weighted by atomic mass is 10.2. The second kappa shape index (κ2) is 6.97. The number of carbonyl (C=O) groups excluding carboxylic acids is 1. The van der Waals surface area contributed by atoms with Crippen molar-refractivity contribution in [1.29, 1.82) is 0 Å². The van der Waals surface area contributed by atoms with E-state index in [9.17, 15) is 4.79 Å². The molecule has 3 heteroatoms. The predicted octanol–water partition coefficient (Wildman–Crippen LogP) is 2.51. The molecule has 1 aromatic carbocycles. The summed E-state index contributed by atoms with van der Waals surface area (Å²) in [7, 11) is 0. The zero-order valence-corrected chi connectivity index (χ0v) is 9.97. The third kappa shape index (κ3) is 4.00. The zero-order valence-electron chi connectivity index (χ0n) is 9.07. The van der Waals surface area contributed by atoms with Crippen LogP contribution in [0.2, 0.25) is 0 Å². The fraction of sp³-hybridized carbons (Fsp3) is 0.308. The van der Waals surface area contributed by atoms with Crippen molar-refractivity contribution in [3.05, 3.63) is 29.8 Å². The Hall–Kier alpha value is -1.40. The molecule has 0 fully saturated rings. The van der Waals surface area contributed by atoms with Gasteiger partial charge in [0, 0.05) is 17.9 Å². The highest BCUT2D eigenvalue weighted by atomic mass is 32.1. The summed E-state index contributed by atoms with van der Waals surface area (Å²) >= 11 is 4.23. The quantitative estimate of drug-likeness (QED) is 0.457. The van der Waals surface area contributed by atoms with Crippen LogP contribution < -0.4 is 5.32 Å². The first-order valence-electron chi connectivity index (χ1n) is 5.25. The molecule has 0 aromatic heterocycles. The lowest BCUT2D eigenvalue weighted by Gasteiger charge is -2.06. The molecule has 0 unspecified atom stereocenters. The van der Waals surface area contributed by atoms with Crippen LogP contribution in [-0.4, -0.2) is 12.5 Å². The minimum absolute atomic E-state index is 0.0775. The van der Waals surface area contributed by atoms with E-state index < -0.39 is 0 Å². The van der Waals surface area contributed by atoms with Gasteiger partial charge in [0.05, 0.1) is 5.56 Å². The molecule has 1 amide bonds. The number of unbranched alkanes of at least 4 members (excludes halogenated alkanes) is 2. The second-order valence-corrected chi connectivity index (χ2v) is 3.92. The molecule has 1 rings (SSSR count). The van der Waals surface area contributed by atoms with Gasteiger partial charge in [-0.1, -0.05) is 12.1 Å². The Morgan fingerprint density at radius 2 is 2.12 bits per heavy atom. The smallest absolute Gasteiger partial charge is 0.252 e. The molecular formula is C13H15NOS. The average molecular weight is 233 g/mol. The molecule has 84 valence electrons. The topological polar surface area (TPSA) is 29.1 Å². The first-order valence-corrected chi connectivity index (χ1v) is 5.70. The van der Waals surface area contributed by atoms with E-state index in [4.69, 9.17) is 6.42 Å². The number of hydrogen-bond acceptors (Lipinski definition) is 2. The molecule has 0 bridgehead atoms. The van der Waals surface area contributed by atoms with Crippen LogP contribution >= 0.6 is 12.6 Å². The van der Waals surface area contributed by atoms with Crippen LogP contribution in [0.1, 0.15) is 29.6 Å². The highest BCUT2D eigenvalue weighted by Gasteiger charge is 2.06. The first kappa shape index (κ1) is 12.7. The maximum absolute atomic E-state index is 11.7. The summed E-state index contributed by atoms with van der Waals surface area (Å²) in [5.41, 5.74) is 0.614. The number of hydrogen-bond donors (Lipinski definition) is 2. The summed E-state index contributed by atoms with van der Waals surface area (Å²) < 4.78 is 0. The van der Waals surface area contributed by atoms with Gasteiger partial charge in [0.25, 0.3) is 5.91 Å². The molecule has 0 aliphatic carbocycles. The molecule has 0 spiro atoms. The van der Waals surface area contributed by atoms with Gasteiger partial charge in [0.15, 0.2) is 0 Å². The van der Waals surface area contributed by atoms with Gasteiger partial charge in [-0.25, -0.2) is 0 Å². The minimum Gasteiger partial charge on any atom is -0.352 e. The van der Waals surface area contributed by atoms with E-state index in [1.807, 2.05) is 12.1 Å². The van der Waals surface area contributed by atoms with Crippen molar-refractivity contribution >= 4 is 18.5 Å². The maximum atomic E-state index is 11.7. The Bertz CT molecular complexity index is 395. The Morgan fingerprint density at radius 3 is 2.81 bits per heavy atom. The van der Waals surface area contributed by atoms with Crippen molar-refractivity contribution < 1.29 is 4.79 Å². The fourth-order valence-electron chi connectivity index (χ4n) is 1.31. The summed E-state index contributed by atoms with van der Waals surface area (Å²) in [5.74, 6) is 2.49. The van der Waals surface area contributed by atoms with Crippen molar-refractivity contribution in [2.24, 2.45) is 0 Å². The number of terminal acetylenes is 1. The normalized spacial score (nSPS) is 9.50. The lowest BCUT2D eigenvalue weighted by molar-refractivity contribution is 0.0950. The summed E-state index contributed by atoms with van der Waals surface area (Å²) in [5, 5.41) is 2.84. The highest BCUT2D eigenvalue weighted by molar-refractivity contribution is 7.80. The lowest BCUT2D eigenvalue weighted by Crippen LogP contribution is -2.24. The number of thiol groups is 1. The Morgan fingerprint density at radius 1 is 1.38 bits per heavy atom. The number of rotatable bonds is 5. The molecule has 0 radical (unpaired) electrons. The van der Waals surface area contributed by atoms with E-state index in [1.165, 1.54) is 0 Å². The minimum atomic E-state index is -0.0775. The predicted molar refractivity (Wildman–Crippen MR) is 68.7 cm³/mol. The van der Waals surface area contributed by atoms with Crippen LogP contribution in [0.5, 0.6) is 0 Å². The van der Waals surface area contributed by atoms with Gasteiger partial charge >= 0.3 is 0 Å².